The Hall–Kier alpha value is -1.57. The fourth-order valence-electron chi connectivity index (χ4n) is 1.39. The van der Waals surface area contributed by atoms with Crippen LogP contribution in [0.2, 0.25) is 0 Å². The average Bonchev–Trinajstić information content (AvgIpc) is 2.36. The van der Waals surface area contributed by atoms with Gasteiger partial charge in [0.05, 0.1) is 13.5 Å². The van der Waals surface area contributed by atoms with Crippen LogP contribution in [0.15, 0.2) is 22.7 Å². The zero-order chi connectivity index (χ0) is 15.3. The van der Waals surface area contributed by atoms with E-state index in [0.29, 0.717) is 0 Å². The third-order valence-electron chi connectivity index (χ3n) is 2.32. The van der Waals surface area contributed by atoms with Crippen molar-refractivity contribution in [3.05, 3.63) is 33.8 Å². The molecule has 0 fully saturated rings. The summed E-state index contributed by atoms with van der Waals surface area (Å²) >= 11 is 3.00. The van der Waals surface area contributed by atoms with Crippen molar-refractivity contribution in [3.63, 3.8) is 0 Å². The van der Waals surface area contributed by atoms with Crippen LogP contribution < -0.4 is 5.32 Å². The number of ether oxygens (including phenoxy) is 1. The van der Waals surface area contributed by atoms with E-state index in [1.807, 2.05) is 0 Å². The maximum atomic E-state index is 12.4. The molecule has 20 heavy (non-hydrogen) atoms. The van der Waals surface area contributed by atoms with Crippen molar-refractivity contribution in [2.45, 2.75) is 12.6 Å². The van der Waals surface area contributed by atoms with Gasteiger partial charge in [0, 0.05) is 10.0 Å². The Bertz CT molecular complexity index is 517. The van der Waals surface area contributed by atoms with Gasteiger partial charge < -0.3 is 10.1 Å². The molecule has 1 aromatic rings. The van der Waals surface area contributed by atoms with Crippen molar-refractivity contribution in [3.8, 4) is 0 Å². The van der Waals surface area contributed by atoms with Crippen LogP contribution in [-0.4, -0.2) is 31.7 Å². The lowest BCUT2D eigenvalue weighted by molar-refractivity contribution is -0.139. The van der Waals surface area contributed by atoms with Gasteiger partial charge in [0.15, 0.2) is 0 Å². The van der Waals surface area contributed by atoms with Crippen molar-refractivity contribution in [2.24, 2.45) is 0 Å². The number of esters is 1. The summed E-state index contributed by atoms with van der Waals surface area (Å²) in [5, 5.41) is 2.25. The summed E-state index contributed by atoms with van der Waals surface area (Å²) in [7, 11) is 1.16. The van der Waals surface area contributed by atoms with Crippen LogP contribution in [0.25, 0.3) is 0 Å². The summed E-state index contributed by atoms with van der Waals surface area (Å²) in [6.07, 6.45) is -5.52. The molecule has 0 radical (unpaired) electrons. The standard InChI is InChI=1S/C12H11BrF3NO3/c1-20-10(18)6-17-11(19)7-2-3-9(13)8(4-7)5-12(14,15)16/h2-4H,5-6H2,1H3,(H,17,19). The fourth-order valence-corrected chi connectivity index (χ4v) is 1.78. The van der Waals surface area contributed by atoms with E-state index in [0.717, 1.165) is 13.2 Å². The van der Waals surface area contributed by atoms with Gasteiger partial charge in [0.2, 0.25) is 0 Å². The number of methoxy groups -OCH3 is 1. The van der Waals surface area contributed by atoms with Gasteiger partial charge >= 0.3 is 12.1 Å². The Kier molecular flexibility index (Phi) is 5.55. The van der Waals surface area contributed by atoms with E-state index < -0.39 is 24.5 Å². The number of alkyl halides is 3. The number of rotatable bonds is 4. The second-order valence-electron chi connectivity index (χ2n) is 3.86. The fraction of sp³-hybridized carbons (Fsp3) is 0.333. The van der Waals surface area contributed by atoms with E-state index in [-0.39, 0.29) is 22.1 Å². The quantitative estimate of drug-likeness (QED) is 0.846. The maximum Gasteiger partial charge on any atom is 0.393 e. The van der Waals surface area contributed by atoms with Gasteiger partial charge in [-0.25, -0.2) is 0 Å². The van der Waals surface area contributed by atoms with E-state index in [4.69, 9.17) is 0 Å². The molecule has 0 bridgehead atoms. The van der Waals surface area contributed by atoms with Crippen LogP contribution >= 0.6 is 15.9 Å². The molecule has 8 heteroatoms. The van der Waals surface area contributed by atoms with Gasteiger partial charge in [-0.05, 0) is 23.8 Å². The molecule has 4 nitrogen and oxygen atoms in total. The number of carbonyl (C=O) groups is 2. The minimum atomic E-state index is -4.37. The van der Waals surface area contributed by atoms with Crippen LogP contribution in [0, 0.1) is 0 Å². The van der Waals surface area contributed by atoms with Gasteiger partial charge in [0.1, 0.15) is 6.54 Å². The Morgan fingerprint density at radius 2 is 2.00 bits per heavy atom. The number of benzene rings is 1. The van der Waals surface area contributed by atoms with Crippen LogP contribution in [0.4, 0.5) is 13.2 Å². The predicted octanol–water partition coefficient (Wildman–Crippen LogP) is 2.46. The van der Waals surface area contributed by atoms with Crippen LogP contribution in [0.5, 0.6) is 0 Å². The van der Waals surface area contributed by atoms with Gasteiger partial charge in [0.25, 0.3) is 5.91 Å². The van der Waals surface area contributed by atoms with Crippen molar-refractivity contribution in [1.82, 2.24) is 5.32 Å². The predicted molar refractivity (Wildman–Crippen MR) is 68.3 cm³/mol. The summed E-state index contributed by atoms with van der Waals surface area (Å²) in [4.78, 5) is 22.5. The minimum absolute atomic E-state index is 0.0383. The second kappa shape index (κ2) is 6.74. The number of amides is 1. The molecule has 0 aliphatic heterocycles. The first-order chi connectivity index (χ1) is 9.23. The molecule has 1 aromatic carbocycles. The lowest BCUT2D eigenvalue weighted by atomic mass is 10.1. The number of nitrogens with one attached hydrogen (secondary N) is 1. The zero-order valence-corrected chi connectivity index (χ0v) is 12.0. The van der Waals surface area contributed by atoms with E-state index in [9.17, 15) is 22.8 Å². The zero-order valence-electron chi connectivity index (χ0n) is 10.4. The molecule has 0 aliphatic carbocycles. The van der Waals surface area contributed by atoms with Crippen LogP contribution in [0.3, 0.4) is 0 Å². The number of hydrogen-bond donors (Lipinski definition) is 1. The lowest BCUT2D eigenvalue weighted by Crippen LogP contribution is -2.30. The minimum Gasteiger partial charge on any atom is -0.468 e. The van der Waals surface area contributed by atoms with Crippen molar-refractivity contribution in [1.29, 1.82) is 0 Å². The van der Waals surface area contributed by atoms with E-state index in [1.54, 1.807) is 0 Å². The SMILES string of the molecule is COC(=O)CNC(=O)c1ccc(Br)c(CC(F)(F)F)c1. The van der Waals surface area contributed by atoms with Crippen molar-refractivity contribution >= 4 is 27.8 Å². The van der Waals surface area contributed by atoms with Gasteiger partial charge in [-0.15, -0.1) is 0 Å². The first-order valence-corrected chi connectivity index (χ1v) is 6.22. The van der Waals surface area contributed by atoms with Gasteiger partial charge in [-0.3, -0.25) is 9.59 Å². The van der Waals surface area contributed by atoms with E-state index >= 15 is 0 Å². The number of carbonyl (C=O) groups excluding carboxylic acids is 2. The molecule has 1 N–H and O–H groups in total. The lowest BCUT2D eigenvalue weighted by Gasteiger charge is -2.10. The first-order valence-electron chi connectivity index (χ1n) is 5.43. The normalized spacial score (nSPS) is 11.1. The Morgan fingerprint density at radius 1 is 1.35 bits per heavy atom. The summed E-state index contributed by atoms with van der Waals surface area (Å²) in [6, 6.07) is 3.84. The second-order valence-corrected chi connectivity index (χ2v) is 4.71. The molecule has 0 atom stereocenters. The number of hydrogen-bond acceptors (Lipinski definition) is 3. The molecular formula is C12H11BrF3NO3. The highest BCUT2D eigenvalue weighted by Gasteiger charge is 2.29. The van der Waals surface area contributed by atoms with Crippen LogP contribution in [-0.2, 0) is 16.0 Å². The highest BCUT2D eigenvalue weighted by molar-refractivity contribution is 9.10. The molecule has 0 saturated heterocycles. The highest BCUT2D eigenvalue weighted by atomic mass is 79.9. The molecule has 110 valence electrons. The molecule has 0 spiro atoms. The largest absolute Gasteiger partial charge is 0.468 e. The molecule has 0 saturated carbocycles. The molecule has 0 aromatic heterocycles. The summed E-state index contributed by atoms with van der Waals surface area (Å²) in [5.74, 6) is -1.29. The Labute approximate surface area is 121 Å². The Balaban J connectivity index is 2.83. The van der Waals surface area contributed by atoms with E-state index in [2.05, 4.69) is 26.0 Å². The third kappa shape index (κ3) is 5.20. The molecule has 0 aliphatic rings. The smallest absolute Gasteiger partial charge is 0.393 e. The summed E-state index contributed by atoms with van der Waals surface area (Å²) < 4.78 is 41.7. The average molecular weight is 354 g/mol. The monoisotopic (exact) mass is 353 g/mol. The van der Waals surface area contributed by atoms with Gasteiger partial charge in [-0.1, -0.05) is 15.9 Å². The maximum absolute atomic E-state index is 12.4. The molecule has 0 heterocycles. The molecule has 0 unspecified atom stereocenters. The molecule has 1 rings (SSSR count). The topological polar surface area (TPSA) is 55.4 Å². The van der Waals surface area contributed by atoms with Crippen molar-refractivity contribution in [2.75, 3.05) is 13.7 Å². The first kappa shape index (κ1) is 16.5. The van der Waals surface area contributed by atoms with Crippen LogP contribution in [0.1, 0.15) is 15.9 Å². The van der Waals surface area contributed by atoms with Gasteiger partial charge in [-0.2, -0.15) is 13.2 Å². The van der Waals surface area contributed by atoms with Crippen molar-refractivity contribution < 1.29 is 27.5 Å². The molecular weight excluding hydrogens is 343 g/mol. The number of halogens is 4. The van der Waals surface area contributed by atoms with E-state index in [1.165, 1.54) is 12.1 Å². The third-order valence-corrected chi connectivity index (χ3v) is 3.09. The Morgan fingerprint density at radius 3 is 2.55 bits per heavy atom. The highest BCUT2D eigenvalue weighted by Crippen LogP contribution is 2.27. The summed E-state index contributed by atoms with van der Waals surface area (Å²) in [5.41, 5.74) is -0.0143. The summed E-state index contributed by atoms with van der Waals surface area (Å²) in [6.45, 7) is -0.347. The molecule has 1 amide bonds.